The van der Waals surface area contributed by atoms with Gasteiger partial charge in [-0.15, -0.1) is 0 Å². The second kappa shape index (κ2) is 7.40. The van der Waals surface area contributed by atoms with E-state index in [1.165, 1.54) is 67.9 Å². The van der Waals surface area contributed by atoms with E-state index in [0.29, 0.717) is 14.5 Å². The molecule has 1 aromatic heterocycles. The van der Waals surface area contributed by atoms with Gasteiger partial charge in [0.25, 0.3) is 0 Å². The summed E-state index contributed by atoms with van der Waals surface area (Å²) < 4.78 is 3.00. The molecule has 0 unspecified atom stereocenters. The van der Waals surface area contributed by atoms with Crippen LogP contribution >= 0.6 is 0 Å². The summed E-state index contributed by atoms with van der Waals surface area (Å²) in [4.78, 5) is 0. The summed E-state index contributed by atoms with van der Waals surface area (Å²) >= 11 is 0.354. The molecule has 0 fully saturated rings. The molecule has 0 saturated heterocycles. The number of rotatable bonds is 0. The molecule has 7 aromatic rings. The number of aryl methyl sites for hydroxylation is 1. The van der Waals surface area contributed by atoms with Crippen molar-refractivity contribution in [2.45, 2.75) is 6.92 Å². The van der Waals surface area contributed by atoms with Gasteiger partial charge in [-0.3, -0.25) is 0 Å². The van der Waals surface area contributed by atoms with E-state index >= 15 is 0 Å². The van der Waals surface area contributed by atoms with Crippen molar-refractivity contribution in [3.05, 3.63) is 96.6 Å². The second-order valence-corrected chi connectivity index (χ2v) is 10.6. The van der Waals surface area contributed by atoms with Gasteiger partial charge in [-0.2, -0.15) is 0 Å². The third kappa shape index (κ3) is 3.18. The maximum atomic E-state index is 3.21. The first kappa shape index (κ1) is 19.9. The van der Waals surface area contributed by atoms with Gasteiger partial charge in [0, 0.05) is 41.7 Å². The summed E-state index contributed by atoms with van der Waals surface area (Å²) in [7, 11) is 0. The van der Waals surface area contributed by atoms with Crippen LogP contribution in [0.3, 0.4) is 0 Å². The van der Waals surface area contributed by atoms with Gasteiger partial charge >= 0.3 is 180 Å². The average Bonchev–Trinajstić information content (AvgIpc) is 3.09. The predicted octanol–water partition coefficient (Wildman–Crippen LogP) is 7.77. The van der Waals surface area contributed by atoms with Crippen LogP contribution in [0.25, 0.3) is 62.4 Å². The molecule has 0 aliphatic heterocycles. The van der Waals surface area contributed by atoms with Crippen molar-refractivity contribution in [2.24, 2.45) is 0 Å². The van der Waals surface area contributed by atoms with Crippen LogP contribution in [0.5, 0.6) is 0 Å². The standard InChI is InChI=1S/C29H17Se.Ce/c1-17-6-7-20-11-23-14-27-26-13-22-9-18-4-2-3-5-19(18)10-24(22)15-28(26)30-29(27)16-25(23)12-21(20)8-17;/h2,4-16H,1H3;/q-1;. The molecule has 0 aliphatic rings. The molecule has 1 heterocycles. The minimum absolute atomic E-state index is 0. The normalized spacial score (nSPS) is 11.8. The monoisotopic (exact) mass is 585 g/mol. The summed E-state index contributed by atoms with van der Waals surface area (Å²) in [6.07, 6.45) is 0. The van der Waals surface area contributed by atoms with Gasteiger partial charge < -0.3 is 0 Å². The number of hydrogen-bond donors (Lipinski definition) is 0. The van der Waals surface area contributed by atoms with Crippen molar-refractivity contribution in [1.82, 2.24) is 0 Å². The molecule has 0 saturated carbocycles. The molecular formula is C29H17CeSe-. The van der Waals surface area contributed by atoms with E-state index in [1.807, 2.05) is 6.07 Å². The molecule has 0 radical (unpaired) electrons. The number of benzene rings is 6. The van der Waals surface area contributed by atoms with Crippen molar-refractivity contribution in [2.75, 3.05) is 0 Å². The van der Waals surface area contributed by atoms with E-state index in [1.54, 1.807) is 0 Å². The Bertz CT molecular complexity index is 1810. The van der Waals surface area contributed by atoms with Crippen LogP contribution in [0.2, 0.25) is 0 Å². The zero-order chi connectivity index (χ0) is 19.8. The van der Waals surface area contributed by atoms with E-state index in [9.17, 15) is 0 Å². The molecule has 0 nitrogen and oxygen atoms in total. The Morgan fingerprint density at radius 1 is 0.548 bits per heavy atom. The molecule has 0 aliphatic carbocycles. The Kier molecular flexibility index (Phi) is 4.75. The summed E-state index contributed by atoms with van der Waals surface area (Å²) in [6, 6.07) is 35.2. The van der Waals surface area contributed by atoms with Gasteiger partial charge in [0.1, 0.15) is 0 Å². The van der Waals surface area contributed by atoms with Crippen molar-refractivity contribution in [3.63, 3.8) is 0 Å². The van der Waals surface area contributed by atoms with Gasteiger partial charge in [0.2, 0.25) is 0 Å². The van der Waals surface area contributed by atoms with Crippen LogP contribution in [-0.2, 0) is 0 Å². The van der Waals surface area contributed by atoms with E-state index < -0.39 is 0 Å². The molecule has 6 aromatic carbocycles. The van der Waals surface area contributed by atoms with Gasteiger partial charge in [-0.1, -0.05) is 0 Å². The summed E-state index contributed by atoms with van der Waals surface area (Å²) in [6.45, 7) is 2.16. The van der Waals surface area contributed by atoms with Gasteiger partial charge in [-0.05, 0) is 0 Å². The minimum Gasteiger partial charge on any atom is 0 e. The predicted molar refractivity (Wildman–Crippen MR) is 132 cm³/mol. The largest absolute Gasteiger partial charge is 0 e. The maximum absolute atomic E-state index is 3.21. The van der Waals surface area contributed by atoms with E-state index in [0.717, 1.165) is 0 Å². The first-order valence-corrected chi connectivity index (χ1v) is 12.0. The number of hydrogen-bond acceptors (Lipinski definition) is 0. The van der Waals surface area contributed by atoms with Crippen molar-refractivity contribution in [1.29, 1.82) is 0 Å². The molecule has 2 heteroatoms. The van der Waals surface area contributed by atoms with Gasteiger partial charge in [-0.25, -0.2) is 0 Å². The first-order valence-electron chi connectivity index (χ1n) is 10.3. The molecular weight excluding hydrogens is 567 g/mol. The van der Waals surface area contributed by atoms with Crippen molar-refractivity contribution >= 4 is 76.9 Å². The molecule has 0 spiro atoms. The average molecular weight is 585 g/mol. The van der Waals surface area contributed by atoms with E-state index in [2.05, 4.69) is 91.9 Å². The third-order valence-corrected chi connectivity index (χ3v) is 8.64. The van der Waals surface area contributed by atoms with Crippen LogP contribution in [0.15, 0.2) is 84.9 Å². The smallest absolute Gasteiger partial charge is 0 e. The zero-order valence-corrected chi connectivity index (χ0v) is 21.8. The Balaban J connectivity index is 0.00000185. The van der Waals surface area contributed by atoms with Crippen molar-refractivity contribution in [3.8, 4) is 0 Å². The minimum atomic E-state index is 0. The maximum Gasteiger partial charge on any atom is 0 e. The molecule has 0 N–H and O–H groups in total. The fourth-order valence-corrected chi connectivity index (χ4v) is 7.21. The Morgan fingerprint density at radius 2 is 1.10 bits per heavy atom. The Morgan fingerprint density at radius 3 is 1.81 bits per heavy atom. The SMILES string of the molecule is Cc1ccc2cc3cc4c(cc3cc2c1)[se]c1cc2cc3c[c-]ccc3cc2cc14.[Ce]. The Labute approximate surface area is 220 Å². The topological polar surface area (TPSA) is 0 Å². The van der Waals surface area contributed by atoms with Crippen LogP contribution in [0, 0.1) is 54.7 Å². The first-order chi connectivity index (χ1) is 14.7. The van der Waals surface area contributed by atoms with E-state index in [4.69, 9.17) is 0 Å². The Hall–Kier alpha value is -1.74. The van der Waals surface area contributed by atoms with Gasteiger partial charge in [0.05, 0.1) is 0 Å². The molecule has 0 amide bonds. The summed E-state index contributed by atoms with van der Waals surface area (Å²) in [5.74, 6) is 0. The second-order valence-electron chi connectivity index (χ2n) is 8.32. The van der Waals surface area contributed by atoms with Crippen molar-refractivity contribution < 1.29 is 41.7 Å². The number of fused-ring (bicyclic) bond motifs is 7. The quantitative estimate of drug-likeness (QED) is 0.0971. The fourth-order valence-electron chi connectivity index (χ4n) is 4.77. The molecule has 0 bridgehead atoms. The van der Waals surface area contributed by atoms with Gasteiger partial charge in [0.15, 0.2) is 0 Å². The molecule has 0 atom stereocenters. The van der Waals surface area contributed by atoms with Crippen LogP contribution in [-0.4, -0.2) is 14.5 Å². The van der Waals surface area contributed by atoms with E-state index in [-0.39, 0.29) is 41.7 Å². The third-order valence-electron chi connectivity index (χ3n) is 6.30. The van der Waals surface area contributed by atoms with Crippen LogP contribution < -0.4 is 0 Å². The summed E-state index contributed by atoms with van der Waals surface area (Å²) in [5.41, 5.74) is 1.32. The summed E-state index contributed by atoms with van der Waals surface area (Å²) in [5, 5.41) is 13.4. The van der Waals surface area contributed by atoms with Crippen LogP contribution in [0.1, 0.15) is 5.56 Å². The molecule has 31 heavy (non-hydrogen) atoms. The van der Waals surface area contributed by atoms with Crippen LogP contribution in [0.4, 0.5) is 0 Å². The molecule has 7 rings (SSSR count). The fraction of sp³-hybridized carbons (Fsp3) is 0.0345. The zero-order valence-electron chi connectivity index (χ0n) is 17.0. The molecule has 144 valence electrons.